The summed E-state index contributed by atoms with van der Waals surface area (Å²) >= 11 is 1.63. The minimum atomic E-state index is 0.610. The number of nitrogens with one attached hydrogen (secondary N) is 1. The fourth-order valence-corrected chi connectivity index (χ4v) is 2.72. The average molecular weight is 209 g/mol. The van der Waals surface area contributed by atoms with E-state index in [9.17, 15) is 0 Å². The van der Waals surface area contributed by atoms with Crippen molar-refractivity contribution >= 4 is 16.3 Å². The molecule has 0 aliphatic carbocycles. The Balaban J connectivity index is 1.80. The number of hydrogen-bond acceptors (Lipinski definition) is 5. The van der Waals surface area contributed by atoms with Gasteiger partial charge in [-0.1, -0.05) is 11.3 Å². The summed E-state index contributed by atoms with van der Waals surface area (Å²) in [6.45, 7) is 1.15. The normalized spacial score (nSPS) is 22.1. The Morgan fingerprint density at radius 1 is 1.64 bits per heavy atom. The van der Waals surface area contributed by atoms with Crippen molar-refractivity contribution in [3.05, 3.63) is 11.3 Å². The quantitative estimate of drug-likeness (QED) is 0.781. The Hall–Kier alpha value is -1.01. The highest BCUT2D eigenvalue weighted by Crippen LogP contribution is 2.16. The van der Waals surface area contributed by atoms with Crippen molar-refractivity contribution in [2.75, 3.05) is 6.54 Å². The fourth-order valence-electron chi connectivity index (χ4n) is 1.83. The van der Waals surface area contributed by atoms with E-state index in [1.165, 1.54) is 12.8 Å². The third-order valence-electron chi connectivity index (χ3n) is 2.51. The van der Waals surface area contributed by atoms with E-state index in [1.54, 1.807) is 22.2 Å². The number of hydrogen-bond donors (Lipinski definition) is 1. The molecule has 2 aromatic rings. The second-order valence-electron chi connectivity index (χ2n) is 3.55. The van der Waals surface area contributed by atoms with Crippen LogP contribution >= 0.6 is 11.3 Å². The van der Waals surface area contributed by atoms with E-state index in [4.69, 9.17) is 0 Å². The maximum atomic E-state index is 4.41. The predicted octanol–water partition coefficient (Wildman–Crippen LogP) is 0.480. The molecular formula is C8H11N5S. The zero-order chi connectivity index (χ0) is 9.38. The second-order valence-corrected chi connectivity index (χ2v) is 4.59. The lowest BCUT2D eigenvalue weighted by Crippen LogP contribution is -2.23. The zero-order valence-corrected chi connectivity index (χ0v) is 8.50. The maximum absolute atomic E-state index is 4.41. The number of rotatable bonds is 2. The Morgan fingerprint density at radius 2 is 2.64 bits per heavy atom. The van der Waals surface area contributed by atoms with Crippen LogP contribution in [-0.4, -0.2) is 32.4 Å². The summed E-state index contributed by atoms with van der Waals surface area (Å²) in [6.07, 6.45) is 5.22. The van der Waals surface area contributed by atoms with E-state index < -0.39 is 0 Å². The van der Waals surface area contributed by atoms with Gasteiger partial charge in [0, 0.05) is 12.5 Å². The first kappa shape index (κ1) is 8.31. The second kappa shape index (κ2) is 3.29. The van der Waals surface area contributed by atoms with Gasteiger partial charge in [0.25, 0.3) is 0 Å². The van der Waals surface area contributed by atoms with Crippen molar-refractivity contribution in [1.29, 1.82) is 0 Å². The van der Waals surface area contributed by atoms with E-state index >= 15 is 0 Å². The summed E-state index contributed by atoms with van der Waals surface area (Å²) in [4.78, 5) is 0.887. The van der Waals surface area contributed by atoms with E-state index in [2.05, 4.69) is 20.6 Å². The van der Waals surface area contributed by atoms with Crippen LogP contribution in [0, 0.1) is 0 Å². The first-order valence-electron chi connectivity index (χ1n) is 4.81. The summed E-state index contributed by atoms with van der Waals surface area (Å²) < 4.78 is 1.74. The molecule has 1 unspecified atom stereocenters. The van der Waals surface area contributed by atoms with E-state index in [0.29, 0.717) is 6.04 Å². The van der Waals surface area contributed by atoms with Gasteiger partial charge in [0.05, 0.1) is 0 Å². The molecule has 0 spiro atoms. The van der Waals surface area contributed by atoms with Crippen molar-refractivity contribution < 1.29 is 0 Å². The van der Waals surface area contributed by atoms with Gasteiger partial charge < -0.3 is 5.32 Å². The molecule has 0 amide bonds. The summed E-state index contributed by atoms with van der Waals surface area (Å²) in [7, 11) is 0. The van der Waals surface area contributed by atoms with Crippen LogP contribution in [0.1, 0.15) is 17.8 Å². The van der Waals surface area contributed by atoms with Gasteiger partial charge in [-0.05, 0) is 19.4 Å². The average Bonchev–Trinajstić information content (AvgIpc) is 2.78. The molecule has 0 bridgehead atoms. The predicted molar refractivity (Wildman–Crippen MR) is 53.4 cm³/mol. The van der Waals surface area contributed by atoms with Crippen LogP contribution in [0.2, 0.25) is 0 Å². The summed E-state index contributed by atoms with van der Waals surface area (Å²) in [6, 6.07) is 0.610. The minimum absolute atomic E-state index is 0.610. The molecule has 1 N–H and O–H groups in total. The van der Waals surface area contributed by atoms with Crippen LogP contribution in [0.25, 0.3) is 4.96 Å². The molecular weight excluding hydrogens is 198 g/mol. The molecule has 5 nitrogen and oxygen atoms in total. The van der Waals surface area contributed by atoms with Crippen LogP contribution < -0.4 is 5.32 Å². The molecule has 74 valence electrons. The van der Waals surface area contributed by atoms with Crippen LogP contribution in [0.4, 0.5) is 0 Å². The van der Waals surface area contributed by atoms with Gasteiger partial charge in [-0.2, -0.15) is 9.61 Å². The molecule has 2 aromatic heterocycles. The third kappa shape index (κ3) is 1.40. The van der Waals surface area contributed by atoms with Crippen molar-refractivity contribution in [1.82, 2.24) is 25.1 Å². The van der Waals surface area contributed by atoms with Gasteiger partial charge in [-0.15, -0.1) is 10.2 Å². The van der Waals surface area contributed by atoms with Gasteiger partial charge in [0.1, 0.15) is 11.3 Å². The first-order chi connectivity index (χ1) is 6.92. The van der Waals surface area contributed by atoms with Crippen molar-refractivity contribution in [2.24, 2.45) is 0 Å². The van der Waals surface area contributed by atoms with Crippen LogP contribution in [0.3, 0.4) is 0 Å². The lowest BCUT2D eigenvalue weighted by molar-refractivity contribution is 0.596. The molecule has 3 heterocycles. The Bertz CT molecular complexity index is 399. The lowest BCUT2D eigenvalue weighted by Gasteiger charge is -2.05. The maximum Gasteiger partial charge on any atom is 0.234 e. The highest BCUT2D eigenvalue weighted by Gasteiger charge is 2.16. The molecule has 0 radical (unpaired) electrons. The minimum Gasteiger partial charge on any atom is -0.314 e. The molecule has 1 aliphatic heterocycles. The fraction of sp³-hybridized carbons (Fsp3) is 0.625. The monoisotopic (exact) mass is 209 g/mol. The van der Waals surface area contributed by atoms with Gasteiger partial charge in [0.2, 0.25) is 4.96 Å². The van der Waals surface area contributed by atoms with Crippen LogP contribution in [0.5, 0.6) is 0 Å². The number of aromatic nitrogens is 4. The van der Waals surface area contributed by atoms with Crippen molar-refractivity contribution in [2.45, 2.75) is 25.3 Å². The smallest absolute Gasteiger partial charge is 0.234 e. The van der Waals surface area contributed by atoms with Crippen molar-refractivity contribution in [3.63, 3.8) is 0 Å². The molecule has 14 heavy (non-hydrogen) atoms. The molecule has 6 heteroatoms. The van der Waals surface area contributed by atoms with Crippen LogP contribution in [0.15, 0.2) is 6.33 Å². The van der Waals surface area contributed by atoms with Gasteiger partial charge in [0.15, 0.2) is 0 Å². The highest BCUT2D eigenvalue weighted by atomic mass is 32.1. The number of fused-ring (bicyclic) bond motifs is 1. The van der Waals surface area contributed by atoms with Gasteiger partial charge in [-0.25, -0.2) is 0 Å². The lowest BCUT2D eigenvalue weighted by atomic mass is 10.2. The first-order valence-corrected chi connectivity index (χ1v) is 5.62. The van der Waals surface area contributed by atoms with E-state index in [0.717, 1.165) is 22.9 Å². The summed E-state index contributed by atoms with van der Waals surface area (Å²) in [5.41, 5.74) is 0. The Kier molecular flexibility index (Phi) is 1.95. The largest absolute Gasteiger partial charge is 0.314 e. The van der Waals surface area contributed by atoms with Crippen molar-refractivity contribution in [3.8, 4) is 0 Å². The van der Waals surface area contributed by atoms with E-state index in [1.807, 2.05) is 0 Å². The summed E-state index contributed by atoms with van der Waals surface area (Å²) in [5.74, 6) is 0. The molecule has 1 aliphatic rings. The standard InChI is InChI=1S/C8H11N5S/c1-2-6(9-3-1)4-7-12-13-5-10-11-8(13)14-7/h5-6,9H,1-4H2. The Labute approximate surface area is 85.2 Å². The molecule has 1 atom stereocenters. The third-order valence-corrected chi connectivity index (χ3v) is 3.45. The van der Waals surface area contributed by atoms with Gasteiger partial charge >= 0.3 is 0 Å². The number of nitrogens with zero attached hydrogens (tertiary/aromatic N) is 4. The topological polar surface area (TPSA) is 55.1 Å². The Morgan fingerprint density at radius 3 is 3.43 bits per heavy atom. The van der Waals surface area contributed by atoms with Gasteiger partial charge in [-0.3, -0.25) is 0 Å². The molecule has 1 fully saturated rings. The SMILES string of the molecule is c1nnc2sc(CC3CCCN3)nn12. The molecule has 1 saturated heterocycles. The highest BCUT2D eigenvalue weighted by molar-refractivity contribution is 7.16. The molecule has 3 rings (SSSR count). The molecule has 0 saturated carbocycles. The van der Waals surface area contributed by atoms with Crippen LogP contribution in [-0.2, 0) is 6.42 Å². The van der Waals surface area contributed by atoms with E-state index in [-0.39, 0.29) is 0 Å². The molecule has 0 aromatic carbocycles. The zero-order valence-electron chi connectivity index (χ0n) is 7.68. The summed E-state index contributed by atoms with van der Waals surface area (Å²) in [5, 5.41) is 16.8.